The first-order valence-electron chi connectivity index (χ1n) is 7.36. The van der Waals surface area contributed by atoms with E-state index in [0.717, 1.165) is 6.07 Å². The summed E-state index contributed by atoms with van der Waals surface area (Å²) in [6.07, 6.45) is -2.99. The van der Waals surface area contributed by atoms with Crippen molar-refractivity contribution >= 4 is 5.91 Å². The number of benzene rings is 1. The Morgan fingerprint density at radius 1 is 1.24 bits per heavy atom. The number of nitrogens with one attached hydrogen (secondary N) is 1. The van der Waals surface area contributed by atoms with Gasteiger partial charge in [-0.3, -0.25) is 9.89 Å². The van der Waals surface area contributed by atoms with E-state index in [9.17, 15) is 18.0 Å². The number of carbonyl (C=O) groups is 1. The maximum atomic E-state index is 13.1. The van der Waals surface area contributed by atoms with Crippen LogP contribution in [-0.4, -0.2) is 28.1 Å². The van der Waals surface area contributed by atoms with E-state index < -0.39 is 17.6 Å². The average molecular weight is 349 g/mol. The lowest BCUT2D eigenvalue weighted by Crippen LogP contribution is -2.27. The summed E-state index contributed by atoms with van der Waals surface area (Å²) in [5.41, 5.74) is -0.128. The Balaban J connectivity index is 1.78. The van der Waals surface area contributed by atoms with Gasteiger partial charge in [-0.2, -0.15) is 18.3 Å². The number of carbonyl (C=O) groups excluding carboxylic acids is 1. The summed E-state index contributed by atoms with van der Waals surface area (Å²) in [6.45, 7) is -0.183. The number of alkyl halides is 3. The van der Waals surface area contributed by atoms with Crippen LogP contribution in [0.15, 0.2) is 53.1 Å². The third-order valence-electron chi connectivity index (χ3n) is 3.66. The summed E-state index contributed by atoms with van der Waals surface area (Å²) in [5.74, 6) is 0.0163. The minimum absolute atomic E-state index is 0.0210. The van der Waals surface area contributed by atoms with Crippen molar-refractivity contribution < 1.29 is 22.4 Å². The molecule has 0 radical (unpaired) electrons. The van der Waals surface area contributed by atoms with Gasteiger partial charge >= 0.3 is 6.18 Å². The molecule has 5 nitrogen and oxygen atoms in total. The highest BCUT2D eigenvalue weighted by atomic mass is 19.4. The summed E-state index contributed by atoms with van der Waals surface area (Å²) in [4.78, 5) is 13.6. The molecule has 0 aliphatic rings. The molecule has 2 heterocycles. The molecule has 130 valence electrons. The molecule has 0 saturated carbocycles. The Kier molecular flexibility index (Phi) is 4.35. The molecule has 3 rings (SSSR count). The minimum atomic E-state index is -4.47. The Bertz CT molecular complexity index is 869. The molecule has 25 heavy (non-hydrogen) atoms. The molecular weight excluding hydrogens is 335 g/mol. The van der Waals surface area contributed by atoms with E-state index in [1.807, 2.05) is 0 Å². The molecule has 0 bridgehead atoms. The molecule has 0 saturated heterocycles. The third kappa shape index (κ3) is 3.57. The summed E-state index contributed by atoms with van der Waals surface area (Å²) < 4.78 is 44.4. The fraction of sp³-hybridized carbons (Fsp3) is 0.176. The van der Waals surface area contributed by atoms with Gasteiger partial charge in [0.15, 0.2) is 11.5 Å². The highest BCUT2D eigenvalue weighted by Gasteiger charge is 2.33. The summed E-state index contributed by atoms with van der Waals surface area (Å²) in [7, 11) is 1.43. The van der Waals surface area contributed by atoms with Crippen LogP contribution in [0.2, 0.25) is 0 Å². The average Bonchev–Trinajstić information content (AvgIpc) is 3.24. The van der Waals surface area contributed by atoms with Crippen LogP contribution in [0.4, 0.5) is 13.2 Å². The maximum absolute atomic E-state index is 13.1. The molecule has 1 N–H and O–H groups in total. The normalized spacial score (nSPS) is 11.5. The van der Waals surface area contributed by atoms with Gasteiger partial charge in [0.25, 0.3) is 5.91 Å². The molecule has 0 aliphatic heterocycles. The van der Waals surface area contributed by atoms with Gasteiger partial charge in [-0.25, -0.2) is 0 Å². The van der Waals surface area contributed by atoms with E-state index >= 15 is 0 Å². The number of amides is 1. The first-order chi connectivity index (χ1) is 11.9. The monoisotopic (exact) mass is 349 g/mol. The number of furan rings is 1. The van der Waals surface area contributed by atoms with Crippen molar-refractivity contribution in [2.24, 2.45) is 0 Å². The molecule has 0 fully saturated rings. The van der Waals surface area contributed by atoms with Gasteiger partial charge < -0.3 is 9.32 Å². The molecule has 0 aliphatic carbocycles. The summed E-state index contributed by atoms with van der Waals surface area (Å²) >= 11 is 0. The van der Waals surface area contributed by atoms with Gasteiger partial charge in [0.1, 0.15) is 5.69 Å². The van der Waals surface area contributed by atoms with Crippen molar-refractivity contribution in [3.63, 3.8) is 0 Å². The van der Waals surface area contributed by atoms with Crippen LogP contribution >= 0.6 is 0 Å². The highest BCUT2D eigenvalue weighted by Crippen LogP contribution is 2.32. The third-order valence-corrected chi connectivity index (χ3v) is 3.66. The van der Waals surface area contributed by atoms with Crippen molar-refractivity contribution in [1.82, 2.24) is 15.1 Å². The molecule has 0 atom stereocenters. The zero-order valence-electron chi connectivity index (χ0n) is 13.2. The van der Waals surface area contributed by atoms with Gasteiger partial charge in [0, 0.05) is 19.7 Å². The van der Waals surface area contributed by atoms with Crippen molar-refractivity contribution in [3.8, 4) is 11.5 Å². The SMILES string of the molecule is CN(Cc1ccccc1C(F)(F)F)C(=O)c1cc(-c2ccco2)[nH]n1. The van der Waals surface area contributed by atoms with Crippen molar-refractivity contribution in [1.29, 1.82) is 0 Å². The number of halogens is 3. The number of aromatic amines is 1. The predicted molar refractivity (Wildman–Crippen MR) is 83.5 cm³/mol. The molecule has 0 unspecified atom stereocenters. The van der Waals surface area contributed by atoms with E-state index in [-0.39, 0.29) is 17.8 Å². The fourth-order valence-corrected chi connectivity index (χ4v) is 2.45. The second kappa shape index (κ2) is 6.46. The topological polar surface area (TPSA) is 62.1 Å². The number of nitrogens with zero attached hydrogens (tertiary/aromatic N) is 2. The van der Waals surface area contributed by atoms with Gasteiger partial charge in [-0.05, 0) is 23.8 Å². The van der Waals surface area contributed by atoms with Gasteiger partial charge in [-0.15, -0.1) is 0 Å². The van der Waals surface area contributed by atoms with E-state index in [1.165, 1.54) is 42.5 Å². The minimum Gasteiger partial charge on any atom is -0.463 e. The van der Waals surface area contributed by atoms with Crippen LogP contribution in [-0.2, 0) is 12.7 Å². The zero-order valence-corrected chi connectivity index (χ0v) is 13.2. The van der Waals surface area contributed by atoms with Crippen LogP contribution in [0.5, 0.6) is 0 Å². The Morgan fingerprint density at radius 3 is 2.68 bits per heavy atom. The zero-order chi connectivity index (χ0) is 18.0. The standard InChI is InChI=1S/C17H14F3N3O2/c1-23(10-11-5-2-3-6-12(11)17(18,19)20)16(24)14-9-13(21-22-14)15-7-4-8-25-15/h2-9H,10H2,1H3,(H,21,22). The predicted octanol–water partition coefficient (Wildman–Crippen LogP) is 3.96. The fourth-order valence-electron chi connectivity index (χ4n) is 2.45. The van der Waals surface area contributed by atoms with E-state index in [2.05, 4.69) is 10.2 Å². The quantitative estimate of drug-likeness (QED) is 0.775. The number of rotatable bonds is 4. The molecule has 8 heteroatoms. The molecule has 1 amide bonds. The van der Waals surface area contributed by atoms with E-state index in [4.69, 9.17) is 4.42 Å². The number of aromatic nitrogens is 2. The van der Waals surface area contributed by atoms with Crippen molar-refractivity contribution in [2.75, 3.05) is 7.05 Å². The number of H-pyrrole nitrogens is 1. The summed E-state index contributed by atoms with van der Waals surface area (Å²) in [6, 6.07) is 10.1. The maximum Gasteiger partial charge on any atom is 0.416 e. The van der Waals surface area contributed by atoms with E-state index in [0.29, 0.717) is 11.5 Å². The molecule has 3 aromatic rings. The number of hydrogen-bond donors (Lipinski definition) is 1. The molecule has 1 aromatic carbocycles. The van der Waals surface area contributed by atoms with Gasteiger partial charge in [-0.1, -0.05) is 18.2 Å². The molecule has 2 aromatic heterocycles. The first-order valence-corrected chi connectivity index (χ1v) is 7.36. The van der Waals surface area contributed by atoms with Crippen LogP contribution in [0.1, 0.15) is 21.6 Å². The molecular formula is C17H14F3N3O2. The van der Waals surface area contributed by atoms with Gasteiger partial charge in [0.05, 0.1) is 11.8 Å². The van der Waals surface area contributed by atoms with Crippen molar-refractivity contribution in [3.05, 3.63) is 65.5 Å². The Labute approximate surface area is 141 Å². The molecule has 0 spiro atoms. The van der Waals surface area contributed by atoms with Crippen molar-refractivity contribution in [2.45, 2.75) is 12.7 Å². The second-order valence-electron chi connectivity index (χ2n) is 5.46. The van der Waals surface area contributed by atoms with Crippen LogP contribution in [0.3, 0.4) is 0 Å². The smallest absolute Gasteiger partial charge is 0.416 e. The van der Waals surface area contributed by atoms with Crippen LogP contribution < -0.4 is 0 Å². The lowest BCUT2D eigenvalue weighted by Gasteiger charge is -2.19. The number of hydrogen-bond acceptors (Lipinski definition) is 3. The lowest BCUT2D eigenvalue weighted by molar-refractivity contribution is -0.138. The Hall–Kier alpha value is -3.03. The van der Waals surface area contributed by atoms with Crippen LogP contribution in [0, 0.1) is 0 Å². The van der Waals surface area contributed by atoms with E-state index in [1.54, 1.807) is 12.1 Å². The largest absolute Gasteiger partial charge is 0.463 e. The Morgan fingerprint density at radius 2 is 2.00 bits per heavy atom. The highest BCUT2D eigenvalue weighted by molar-refractivity contribution is 5.93. The van der Waals surface area contributed by atoms with Crippen LogP contribution in [0.25, 0.3) is 11.5 Å². The summed E-state index contributed by atoms with van der Waals surface area (Å²) in [5, 5.41) is 6.58. The van der Waals surface area contributed by atoms with Gasteiger partial charge in [0.2, 0.25) is 0 Å². The second-order valence-corrected chi connectivity index (χ2v) is 5.46. The first kappa shape index (κ1) is 16.8. The lowest BCUT2D eigenvalue weighted by atomic mass is 10.1.